The molecule has 2 fully saturated rings. The molecule has 1 aromatic rings. The molecule has 1 saturated carbocycles. The first-order valence-electron chi connectivity index (χ1n) is 8.01. The predicted molar refractivity (Wildman–Crippen MR) is 82.5 cm³/mol. The monoisotopic (exact) mass is 342 g/mol. The van der Waals surface area contributed by atoms with Gasteiger partial charge in [-0.15, -0.1) is 0 Å². The Bertz CT molecular complexity index is 621. The van der Waals surface area contributed by atoms with Crippen LogP contribution in [0.1, 0.15) is 19.4 Å². The molecule has 7 heteroatoms. The second-order valence-corrected chi connectivity index (χ2v) is 7.17. The molecule has 3 rings (SSSR count). The number of halogens is 3. The number of para-hydroxylation sites is 1. The number of carbonyl (C=O) groups is 1. The van der Waals surface area contributed by atoms with E-state index < -0.39 is 17.3 Å². The minimum atomic E-state index is -4.47. The van der Waals surface area contributed by atoms with Crippen LogP contribution in [0, 0.1) is 17.8 Å². The van der Waals surface area contributed by atoms with Crippen LogP contribution in [0.15, 0.2) is 24.3 Å². The quantitative estimate of drug-likeness (QED) is 0.864. The van der Waals surface area contributed by atoms with Gasteiger partial charge < -0.3 is 15.4 Å². The van der Waals surface area contributed by atoms with E-state index in [1.54, 1.807) is 13.8 Å². The molecule has 1 amide bonds. The lowest BCUT2D eigenvalue weighted by Crippen LogP contribution is -2.49. The van der Waals surface area contributed by atoms with Crippen LogP contribution in [0.3, 0.4) is 0 Å². The van der Waals surface area contributed by atoms with E-state index in [0.717, 1.165) is 19.2 Å². The summed E-state index contributed by atoms with van der Waals surface area (Å²) in [5, 5.41) is 6.13. The topological polar surface area (TPSA) is 50.4 Å². The highest BCUT2D eigenvalue weighted by molar-refractivity contribution is 5.83. The molecule has 2 unspecified atom stereocenters. The van der Waals surface area contributed by atoms with Crippen LogP contribution in [0.4, 0.5) is 13.2 Å². The molecule has 0 spiro atoms. The molecular weight excluding hydrogens is 321 g/mol. The normalized spacial score (nSPS) is 26.0. The summed E-state index contributed by atoms with van der Waals surface area (Å²) in [4.78, 5) is 12.3. The zero-order valence-corrected chi connectivity index (χ0v) is 13.6. The van der Waals surface area contributed by atoms with Crippen LogP contribution in [0.5, 0.6) is 5.75 Å². The molecule has 0 radical (unpaired) electrons. The van der Waals surface area contributed by atoms with Gasteiger partial charge in [0.25, 0.3) is 0 Å². The smallest absolute Gasteiger partial charge is 0.419 e. The highest BCUT2D eigenvalue weighted by Gasteiger charge is 2.57. The van der Waals surface area contributed by atoms with Crippen molar-refractivity contribution in [2.24, 2.45) is 17.8 Å². The van der Waals surface area contributed by atoms with E-state index >= 15 is 0 Å². The number of benzene rings is 1. The van der Waals surface area contributed by atoms with Crippen molar-refractivity contribution in [3.63, 3.8) is 0 Å². The molecule has 1 aliphatic carbocycles. The second-order valence-electron chi connectivity index (χ2n) is 7.17. The maximum absolute atomic E-state index is 13.0. The van der Waals surface area contributed by atoms with Crippen molar-refractivity contribution in [3.8, 4) is 5.75 Å². The lowest BCUT2D eigenvalue weighted by atomic mass is 10.1. The number of carbonyl (C=O) groups excluding carboxylic acids is 1. The second kappa shape index (κ2) is 5.95. The summed E-state index contributed by atoms with van der Waals surface area (Å²) < 4.78 is 44.3. The van der Waals surface area contributed by atoms with Gasteiger partial charge in [-0.1, -0.05) is 12.1 Å². The van der Waals surface area contributed by atoms with E-state index in [9.17, 15) is 18.0 Å². The van der Waals surface area contributed by atoms with Crippen molar-refractivity contribution >= 4 is 5.91 Å². The summed E-state index contributed by atoms with van der Waals surface area (Å²) in [5.74, 6) is 0.553. The van der Waals surface area contributed by atoms with E-state index in [2.05, 4.69) is 10.6 Å². The number of alkyl halides is 3. The molecule has 1 aromatic carbocycles. The fourth-order valence-electron chi connectivity index (χ4n) is 3.35. The van der Waals surface area contributed by atoms with Gasteiger partial charge in [0.05, 0.1) is 11.1 Å². The summed E-state index contributed by atoms with van der Waals surface area (Å²) in [6.07, 6.45) is -4.47. The Morgan fingerprint density at radius 2 is 1.88 bits per heavy atom. The van der Waals surface area contributed by atoms with Crippen LogP contribution in [-0.2, 0) is 11.0 Å². The van der Waals surface area contributed by atoms with Gasteiger partial charge in [0.15, 0.2) is 0 Å². The minimum absolute atomic E-state index is 0.0213. The number of rotatable bonds is 5. The summed E-state index contributed by atoms with van der Waals surface area (Å²) in [7, 11) is 0. The molecule has 2 aliphatic rings. The fraction of sp³-hybridized carbons (Fsp3) is 0.588. The lowest BCUT2D eigenvalue weighted by Gasteiger charge is -2.27. The zero-order chi connectivity index (χ0) is 17.5. The molecule has 1 heterocycles. The Hall–Kier alpha value is -1.76. The first-order chi connectivity index (χ1) is 11.2. The molecule has 24 heavy (non-hydrogen) atoms. The van der Waals surface area contributed by atoms with Gasteiger partial charge >= 0.3 is 6.18 Å². The van der Waals surface area contributed by atoms with Gasteiger partial charge in [0, 0.05) is 5.92 Å². The summed E-state index contributed by atoms with van der Waals surface area (Å²) >= 11 is 0. The van der Waals surface area contributed by atoms with Crippen LogP contribution >= 0.6 is 0 Å². The van der Waals surface area contributed by atoms with Crippen LogP contribution in [-0.4, -0.2) is 31.1 Å². The van der Waals surface area contributed by atoms with E-state index in [-0.39, 0.29) is 24.2 Å². The molecule has 0 bridgehead atoms. The summed E-state index contributed by atoms with van der Waals surface area (Å²) in [6.45, 7) is 5.18. The molecule has 1 aliphatic heterocycles. The largest absolute Gasteiger partial charge is 0.491 e. The van der Waals surface area contributed by atoms with Gasteiger partial charge in [-0.05, 0) is 50.9 Å². The number of hydrogen-bond acceptors (Lipinski definition) is 3. The number of fused-ring (bicyclic) bond motifs is 1. The number of piperidine rings is 1. The SMILES string of the molecule is CC(C)(COc1ccccc1C(F)(F)F)NC(=O)C1C2CNC[C@H]21. The van der Waals surface area contributed by atoms with E-state index in [0.29, 0.717) is 11.8 Å². The Balaban J connectivity index is 1.58. The Labute approximate surface area is 138 Å². The fourth-order valence-corrected chi connectivity index (χ4v) is 3.35. The zero-order valence-electron chi connectivity index (χ0n) is 13.6. The third-order valence-corrected chi connectivity index (χ3v) is 4.64. The van der Waals surface area contributed by atoms with Crippen molar-refractivity contribution in [2.45, 2.75) is 25.6 Å². The number of hydrogen-bond donors (Lipinski definition) is 2. The first-order valence-corrected chi connectivity index (χ1v) is 8.01. The van der Waals surface area contributed by atoms with Crippen molar-refractivity contribution in [3.05, 3.63) is 29.8 Å². The third kappa shape index (κ3) is 3.50. The van der Waals surface area contributed by atoms with E-state index in [1.165, 1.54) is 18.2 Å². The molecule has 4 nitrogen and oxygen atoms in total. The maximum Gasteiger partial charge on any atom is 0.419 e. The Kier molecular flexibility index (Phi) is 4.23. The van der Waals surface area contributed by atoms with Gasteiger partial charge in [0.2, 0.25) is 5.91 Å². The molecule has 1 saturated heterocycles. The van der Waals surface area contributed by atoms with Gasteiger partial charge in [0.1, 0.15) is 12.4 Å². The van der Waals surface area contributed by atoms with Crippen molar-refractivity contribution in [1.29, 1.82) is 0 Å². The average Bonchev–Trinajstić information content (AvgIpc) is 2.98. The van der Waals surface area contributed by atoms with Crippen molar-refractivity contribution in [2.75, 3.05) is 19.7 Å². The Morgan fingerprint density at radius 1 is 1.25 bits per heavy atom. The molecule has 2 N–H and O–H groups in total. The highest BCUT2D eigenvalue weighted by Crippen LogP contribution is 2.48. The standard InChI is InChI=1S/C17H21F3N2O2/c1-16(2,22-15(23)14-10-7-21-8-11(10)14)9-24-13-6-4-3-5-12(13)17(18,19)20/h3-6,10-11,14,21H,7-9H2,1-2H3,(H,22,23)/t10-,11?,14?/m1/s1. The predicted octanol–water partition coefficient (Wildman–Crippen LogP) is 2.44. The van der Waals surface area contributed by atoms with Gasteiger partial charge in [-0.25, -0.2) is 0 Å². The van der Waals surface area contributed by atoms with E-state index in [1.807, 2.05) is 0 Å². The number of amides is 1. The molecule has 132 valence electrons. The lowest BCUT2D eigenvalue weighted by molar-refractivity contribution is -0.139. The average molecular weight is 342 g/mol. The summed E-state index contributed by atoms with van der Waals surface area (Å²) in [6, 6.07) is 5.09. The number of nitrogens with one attached hydrogen (secondary N) is 2. The van der Waals surface area contributed by atoms with E-state index in [4.69, 9.17) is 4.74 Å². The van der Waals surface area contributed by atoms with Gasteiger partial charge in [-0.2, -0.15) is 13.2 Å². The molecule has 0 aromatic heterocycles. The van der Waals surface area contributed by atoms with Crippen LogP contribution < -0.4 is 15.4 Å². The molecule has 3 atom stereocenters. The Morgan fingerprint density at radius 3 is 2.50 bits per heavy atom. The summed E-state index contributed by atoms with van der Waals surface area (Å²) in [5.41, 5.74) is -1.56. The minimum Gasteiger partial charge on any atom is -0.491 e. The molecular formula is C17H21F3N2O2. The first kappa shape index (κ1) is 17.1. The highest BCUT2D eigenvalue weighted by atomic mass is 19.4. The van der Waals surface area contributed by atoms with Gasteiger partial charge in [-0.3, -0.25) is 4.79 Å². The van der Waals surface area contributed by atoms with Crippen LogP contribution in [0.25, 0.3) is 0 Å². The third-order valence-electron chi connectivity index (χ3n) is 4.64. The van der Waals surface area contributed by atoms with Crippen molar-refractivity contribution in [1.82, 2.24) is 10.6 Å². The van der Waals surface area contributed by atoms with Crippen molar-refractivity contribution < 1.29 is 22.7 Å². The maximum atomic E-state index is 13.0. The van der Waals surface area contributed by atoms with Crippen LogP contribution in [0.2, 0.25) is 0 Å². The number of ether oxygens (including phenoxy) is 1.